The molecule has 0 saturated heterocycles. The molecular formula is C19H19FN2O2. The fraction of sp³-hybridized carbons (Fsp3) is 0.263. The van der Waals surface area contributed by atoms with Crippen LogP contribution in [0.15, 0.2) is 59.8 Å². The minimum Gasteiger partial charge on any atom is -0.382 e. The molecule has 5 heteroatoms. The number of amides is 1. The third-order valence-electron chi connectivity index (χ3n) is 4.07. The first-order valence-electron chi connectivity index (χ1n) is 8.01. The van der Waals surface area contributed by atoms with Gasteiger partial charge in [0.25, 0.3) is 5.91 Å². The lowest BCUT2D eigenvalue weighted by Gasteiger charge is -2.19. The van der Waals surface area contributed by atoms with E-state index in [2.05, 4.69) is 10.5 Å². The molecule has 2 aromatic carbocycles. The molecule has 0 fully saturated rings. The molecule has 0 bridgehead atoms. The average Bonchev–Trinajstić information content (AvgIpc) is 3.11. The largest absolute Gasteiger partial charge is 0.382 e. The Morgan fingerprint density at radius 2 is 1.96 bits per heavy atom. The molecule has 24 heavy (non-hydrogen) atoms. The molecule has 0 saturated carbocycles. The van der Waals surface area contributed by atoms with Crippen LogP contribution in [-0.2, 0) is 9.63 Å². The van der Waals surface area contributed by atoms with Crippen molar-refractivity contribution in [1.82, 2.24) is 5.32 Å². The minimum absolute atomic E-state index is 0.0582. The van der Waals surface area contributed by atoms with Crippen LogP contribution in [0.3, 0.4) is 0 Å². The van der Waals surface area contributed by atoms with Gasteiger partial charge in [-0.1, -0.05) is 54.5 Å². The fourth-order valence-electron chi connectivity index (χ4n) is 2.70. The second kappa shape index (κ2) is 7.25. The summed E-state index contributed by atoms with van der Waals surface area (Å²) in [4.78, 5) is 17.7. The van der Waals surface area contributed by atoms with Crippen molar-refractivity contribution in [3.8, 4) is 0 Å². The second-order valence-electron chi connectivity index (χ2n) is 5.72. The van der Waals surface area contributed by atoms with Crippen molar-refractivity contribution in [2.75, 3.05) is 0 Å². The number of hydrogen-bond acceptors (Lipinski definition) is 3. The van der Waals surface area contributed by atoms with Gasteiger partial charge in [-0.3, -0.25) is 4.79 Å². The van der Waals surface area contributed by atoms with Gasteiger partial charge in [-0.25, -0.2) is 4.39 Å². The minimum atomic E-state index is -0.650. The van der Waals surface area contributed by atoms with Crippen molar-refractivity contribution in [3.63, 3.8) is 0 Å². The zero-order valence-corrected chi connectivity index (χ0v) is 13.4. The highest BCUT2D eigenvalue weighted by Gasteiger charge is 2.30. The zero-order valence-electron chi connectivity index (χ0n) is 13.4. The first-order chi connectivity index (χ1) is 11.7. The van der Waals surface area contributed by atoms with Crippen molar-refractivity contribution in [2.24, 2.45) is 5.16 Å². The van der Waals surface area contributed by atoms with Crippen molar-refractivity contribution < 1.29 is 14.0 Å². The number of hydrogen-bond donors (Lipinski definition) is 1. The molecular weight excluding hydrogens is 307 g/mol. The Labute approximate surface area is 140 Å². The Morgan fingerprint density at radius 3 is 2.62 bits per heavy atom. The Hall–Kier alpha value is -2.69. The molecule has 2 atom stereocenters. The molecule has 2 unspecified atom stereocenters. The first kappa shape index (κ1) is 16.2. The summed E-state index contributed by atoms with van der Waals surface area (Å²) in [5, 5.41) is 6.99. The van der Waals surface area contributed by atoms with Crippen molar-refractivity contribution in [2.45, 2.75) is 31.9 Å². The van der Waals surface area contributed by atoms with E-state index in [4.69, 9.17) is 4.84 Å². The maximum Gasteiger partial charge on any atom is 0.264 e. The standard InChI is InChI=1S/C19H19FN2O2/c1-2-16(13-6-4-3-5-7-13)21-19(23)18-12-17(22-24-18)14-8-10-15(20)11-9-14/h3-11,16,18H,2,12H2,1H3,(H,21,23). The van der Waals surface area contributed by atoms with E-state index in [9.17, 15) is 9.18 Å². The number of carbonyl (C=O) groups is 1. The number of nitrogens with zero attached hydrogens (tertiary/aromatic N) is 1. The molecule has 0 aliphatic carbocycles. The number of halogens is 1. The van der Waals surface area contributed by atoms with E-state index in [-0.39, 0.29) is 17.8 Å². The van der Waals surface area contributed by atoms with Crippen LogP contribution in [-0.4, -0.2) is 17.7 Å². The first-order valence-corrected chi connectivity index (χ1v) is 8.01. The Kier molecular flexibility index (Phi) is 4.89. The zero-order chi connectivity index (χ0) is 16.9. The Balaban J connectivity index is 1.62. The van der Waals surface area contributed by atoms with Crippen LogP contribution < -0.4 is 5.32 Å². The highest BCUT2D eigenvalue weighted by atomic mass is 19.1. The van der Waals surface area contributed by atoms with Gasteiger partial charge < -0.3 is 10.2 Å². The van der Waals surface area contributed by atoms with E-state index in [1.807, 2.05) is 37.3 Å². The van der Waals surface area contributed by atoms with Crippen LogP contribution in [0.1, 0.15) is 36.9 Å². The summed E-state index contributed by atoms with van der Waals surface area (Å²) >= 11 is 0. The molecule has 2 aromatic rings. The molecule has 1 aliphatic heterocycles. The van der Waals surface area contributed by atoms with E-state index in [1.54, 1.807) is 12.1 Å². The smallest absolute Gasteiger partial charge is 0.264 e. The quantitative estimate of drug-likeness (QED) is 0.913. The normalized spacial score (nSPS) is 17.8. The molecule has 1 heterocycles. The van der Waals surface area contributed by atoms with Crippen molar-refractivity contribution >= 4 is 11.6 Å². The van der Waals surface area contributed by atoms with Gasteiger partial charge in [0.2, 0.25) is 6.10 Å². The molecule has 3 rings (SSSR count). The number of carbonyl (C=O) groups excluding carboxylic acids is 1. The summed E-state index contributed by atoms with van der Waals surface area (Å²) in [7, 11) is 0. The second-order valence-corrected chi connectivity index (χ2v) is 5.72. The van der Waals surface area contributed by atoms with E-state index in [1.165, 1.54) is 12.1 Å². The molecule has 1 aliphatic rings. The van der Waals surface area contributed by atoms with E-state index in [0.717, 1.165) is 17.5 Å². The van der Waals surface area contributed by atoms with Gasteiger partial charge in [0.1, 0.15) is 5.82 Å². The van der Waals surface area contributed by atoms with Crippen LogP contribution >= 0.6 is 0 Å². The summed E-state index contributed by atoms with van der Waals surface area (Å²) in [6.45, 7) is 2.02. The van der Waals surface area contributed by atoms with Gasteiger partial charge in [-0.2, -0.15) is 0 Å². The average molecular weight is 326 g/mol. The van der Waals surface area contributed by atoms with Crippen LogP contribution in [0.25, 0.3) is 0 Å². The fourth-order valence-corrected chi connectivity index (χ4v) is 2.70. The topological polar surface area (TPSA) is 50.7 Å². The molecule has 0 aromatic heterocycles. The lowest BCUT2D eigenvalue weighted by atomic mass is 10.0. The summed E-state index contributed by atoms with van der Waals surface area (Å²) in [5.41, 5.74) is 2.48. The van der Waals surface area contributed by atoms with E-state index in [0.29, 0.717) is 12.1 Å². The summed E-state index contributed by atoms with van der Waals surface area (Å²) in [6, 6.07) is 15.8. The maximum atomic E-state index is 13.0. The predicted molar refractivity (Wildman–Crippen MR) is 90.0 cm³/mol. The highest BCUT2D eigenvalue weighted by Crippen LogP contribution is 2.20. The van der Waals surface area contributed by atoms with Crippen molar-refractivity contribution in [3.05, 3.63) is 71.5 Å². The summed E-state index contributed by atoms with van der Waals surface area (Å²) < 4.78 is 13.0. The summed E-state index contributed by atoms with van der Waals surface area (Å²) in [6.07, 6.45) is 0.513. The maximum absolute atomic E-state index is 13.0. The summed E-state index contributed by atoms with van der Waals surface area (Å²) in [5.74, 6) is -0.493. The highest BCUT2D eigenvalue weighted by molar-refractivity contribution is 6.04. The van der Waals surface area contributed by atoms with Crippen LogP contribution in [0.4, 0.5) is 4.39 Å². The lowest BCUT2D eigenvalue weighted by molar-refractivity contribution is -0.132. The molecule has 1 N–H and O–H groups in total. The Bertz CT molecular complexity index is 729. The van der Waals surface area contributed by atoms with E-state index >= 15 is 0 Å². The van der Waals surface area contributed by atoms with Gasteiger partial charge in [0.05, 0.1) is 11.8 Å². The van der Waals surface area contributed by atoms with Crippen LogP contribution in [0.5, 0.6) is 0 Å². The number of benzene rings is 2. The van der Waals surface area contributed by atoms with Gasteiger partial charge in [0, 0.05) is 6.42 Å². The molecule has 0 radical (unpaired) electrons. The monoisotopic (exact) mass is 326 g/mol. The predicted octanol–water partition coefficient (Wildman–Crippen LogP) is 3.59. The van der Waals surface area contributed by atoms with Gasteiger partial charge >= 0.3 is 0 Å². The van der Waals surface area contributed by atoms with Gasteiger partial charge in [0.15, 0.2) is 0 Å². The number of nitrogens with one attached hydrogen (secondary N) is 1. The molecule has 124 valence electrons. The van der Waals surface area contributed by atoms with Gasteiger partial charge in [-0.05, 0) is 29.7 Å². The van der Waals surface area contributed by atoms with Crippen LogP contribution in [0.2, 0.25) is 0 Å². The molecule has 1 amide bonds. The SMILES string of the molecule is CCC(NC(=O)C1CC(c2ccc(F)cc2)=NO1)c1ccccc1. The molecule has 4 nitrogen and oxygen atoms in total. The van der Waals surface area contributed by atoms with Gasteiger partial charge in [-0.15, -0.1) is 0 Å². The number of rotatable bonds is 5. The van der Waals surface area contributed by atoms with E-state index < -0.39 is 6.10 Å². The third kappa shape index (κ3) is 3.62. The third-order valence-corrected chi connectivity index (χ3v) is 4.07. The molecule has 0 spiro atoms. The lowest BCUT2D eigenvalue weighted by Crippen LogP contribution is -2.37. The Morgan fingerprint density at radius 1 is 1.25 bits per heavy atom. The van der Waals surface area contributed by atoms with Crippen molar-refractivity contribution in [1.29, 1.82) is 0 Å². The van der Waals surface area contributed by atoms with Crippen LogP contribution in [0, 0.1) is 5.82 Å². The number of oxime groups is 1.